The van der Waals surface area contributed by atoms with Crippen molar-refractivity contribution in [3.8, 4) is 5.75 Å². The minimum absolute atomic E-state index is 0.0295. The highest BCUT2D eigenvalue weighted by atomic mass is 19.4. The lowest BCUT2D eigenvalue weighted by Crippen LogP contribution is -2.22. The molecule has 0 aliphatic rings. The monoisotopic (exact) mass is 278 g/mol. The molecule has 19 heavy (non-hydrogen) atoms. The predicted molar refractivity (Wildman–Crippen MR) is 64.1 cm³/mol. The SMILES string of the molecule is CC(C)c1ccc(OCC(O)CO)c(C(F)(F)F)c1. The van der Waals surface area contributed by atoms with Crippen LogP contribution in [0.2, 0.25) is 0 Å². The zero-order chi connectivity index (χ0) is 14.6. The maximum Gasteiger partial charge on any atom is 0.419 e. The van der Waals surface area contributed by atoms with Crippen LogP contribution in [-0.4, -0.2) is 29.5 Å². The van der Waals surface area contributed by atoms with Gasteiger partial charge >= 0.3 is 6.18 Å². The molecule has 6 heteroatoms. The zero-order valence-electron chi connectivity index (χ0n) is 10.7. The first kappa shape index (κ1) is 15.8. The Bertz CT molecular complexity index is 416. The van der Waals surface area contributed by atoms with Crippen molar-refractivity contribution in [1.29, 1.82) is 0 Å². The van der Waals surface area contributed by atoms with Crippen LogP contribution in [-0.2, 0) is 6.18 Å². The highest BCUT2D eigenvalue weighted by Crippen LogP contribution is 2.38. The molecule has 108 valence electrons. The Hall–Kier alpha value is -1.27. The fraction of sp³-hybridized carbons (Fsp3) is 0.538. The van der Waals surface area contributed by atoms with Crippen LogP contribution in [0.1, 0.15) is 30.9 Å². The van der Waals surface area contributed by atoms with Crippen LogP contribution >= 0.6 is 0 Å². The first-order chi connectivity index (χ1) is 8.75. The zero-order valence-corrected chi connectivity index (χ0v) is 10.7. The predicted octanol–water partition coefficient (Wildman–Crippen LogP) is 2.56. The lowest BCUT2D eigenvalue weighted by molar-refractivity contribution is -0.139. The van der Waals surface area contributed by atoms with Crippen LogP contribution in [0.25, 0.3) is 0 Å². The van der Waals surface area contributed by atoms with Gasteiger partial charge in [-0.05, 0) is 23.6 Å². The van der Waals surface area contributed by atoms with E-state index in [2.05, 4.69) is 0 Å². The van der Waals surface area contributed by atoms with Crippen molar-refractivity contribution in [2.45, 2.75) is 32.0 Å². The summed E-state index contributed by atoms with van der Waals surface area (Å²) in [4.78, 5) is 0. The maximum atomic E-state index is 12.9. The van der Waals surface area contributed by atoms with Crippen molar-refractivity contribution in [2.24, 2.45) is 0 Å². The first-order valence-electron chi connectivity index (χ1n) is 5.88. The van der Waals surface area contributed by atoms with Gasteiger partial charge in [0.2, 0.25) is 0 Å². The Morgan fingerprint density at radius 1 is 1.26 bits per heavy atom. The molecule has 0 amide bonds. The summed E-state index contributed by atoms with van der Waals surface area (Å²) in [6.07, 6.45) is -5.73. The molecule has 0 saturated heterocycles. The molecule has 0 aromatic heterocycles. The number of halogens is 3. The molecule has 1 aromatic rings. The number of aliphatic hydroxyl groups is 2. The number of alkyl halides is 3. The Morgan fingerprint density at radius 3 is 2.37 bits per heavy atom. The van der Waals surface area contributed by atoms with Crippen molar-refractivity contribution in [2.75, 3.05) is 13.2 Å². The van der Waals surface area contributed by atoms with Crippen molar-refractivity contribution in [1.82, 2.24) is 0 Å². The van der Waals surface area contributed by atoms with E-state index in [0.717, 1.165) is 6.07 Å². The van der Waals surface area contributed by atoms with Gasteiger partial charge in [0, 0.05) is 0 Å². The summed E-state index contributed by atoms with van der Waals surface area (Å²) in [6, 6.07) is 3.84. The minimum Gasteiger partial charge on any atom is -0.490 e. The van der Waals surface area contributed by atoms with Crippen LogP contribution in [0, 0.1) is 0 Å². The molecular weight excluding hydrogens is 261 g/mol. The number of benzene rings is 1. The van der Waals surface area contributed by atoms with Crippen LogP contribution in [0.15, 0.2) is 18.2 Å². The van der Waals surface area contributed by atoms with Crippen LogP contribution < -0.4 is 4.74 Å². The summed E-state index contributed by atoms with van der Waals surface area (Å²) in [6.45, 7) is 2.64. The summed E-state index contributed by atoms with van der Waals surface area (Å²) in [5.74, 6) is -0.373. The largest absolute Gasteiger partial charge is 0.490 e. The smallest absolute Gasteiger partial charge is 0.419 e. The molecule has 1 aromatic carbocycles. The molecule has 1 atom stereocenters. The Balaban J connectivity index is 3.03. The van der Waals surface area contributed by atoms with Crippen LogP contribution in [0.4, 0.5) is 13.2 Å². The molecule has 0 aliphatic heterocycles. The second kappa shape index (κ2) is 6.25. The standard InChI is InChI=1S/C13H17F3O3/c1-8(2)9-3-4-12(19-7-10(18)6-17)11(5-9)13(14,15)16/h3-5,8,10,17-18H,6-7H2,1-2H3. The summed E-state index contributed by atoms with van der Waals surface area (Å²) in [7, 11) is 0. The van der Waals surface area contributed by atoms with Gasteiger partial charge in [0.15, 0.2) is 0 Å². The molecule has 1 unspecified atom stereocenters. The molecule has 2 N–H and O–H groups in total. The van der Waals surface area contributed by atoms with Gasteiger partial charge in [0.1, 0.15) is 18.5 Å². The van der Waals surface area contributed by atoms with Gasteiger partial charge in [-0.1, -0.05) is 19.9 Å². The van der Waals surface area contributed by atoms with E-state index in [1.54, 1.807) is 19.9 Å². The Labute approximate surface area is 109 Å². The molecule has 0 saturated carbocycles. The third-order valence-electron chi connectivity index (χ3n) is 2.62. The fourth-order valence-electron chi connectivity index (χ4n) is 1.49. The van der Waals surface area contributed by atoms with Crippen molar-refractivity contribution >= 4 is 0 Å². The molecule has 0 spiro atoms. The molecule has 0 heterocycles. The molecule has 1 rings (SSSR count). The third kappa shape index (κ3) is 4.40. The molecule has 0 aliphatic carbocycles. The van der Waals surface area contributed by atoms with Gasteiger partial charge in [0.05, 0.1) is 12.2 Å². The summed E-state index contributed by atoms with van der Waals surface area (Å²) in [5.41, 5.74) is -0.314. The number of ether oxygens (including phenoxy) is 1. The van der Waals surface area contributed by atoms with Crippen molar-refractivity contribution in [3.05, 3.63) is 29.3 Å². The van der Waals surface area contributed by atoms with E-state index in [1.807, 2.05) is 0 Å². The quantitative estimate of drug-likeness (QED) is 0.870. The third-order valence-corrected chi connectivity index (χ3v) is 2.62. The summed E-state index contributed by atoms with van der Waals surface area (Å²) >= 11 is 0. The van der Waals surface area contributed by atoms with Crippen molar-refractivity contribution in [3.63, 3.8) is 0 Å². The molecule has 0 bridgehead atoms. The van der Waals surface area contributed by atoms with Crippen molar-refractivity contribution < 1.29 is 28.1 Å². The normalized spacial score (nSPS) is 13.7. The first-order valence-corrected chi connectivity index (χ1v) is 5.88. The van der Waals surface area contributed by atoms with E-state index in [9.17, 15) is 13.2 Å². The maximum absolute atomic E-state index is 12.9. The van der Waals surface area contributed by atoms with Gasteiger partial charge in [-0.2, -0.15) is 13.2 Å². The fourth-order valence-corrected chi connectivity index (χ4v) is 1.49. The number of aliphatic hydroxyl groups excluding tert-OH is 2. The molecular formula is C13H17F3O3. The molecule has 0 radical (unpaired) electrons. The van der Waals surface area contributed by atoms with Gasteiger partial charge in [-0.25, -0.2) is 0 Å². The highest BCUT2D eigenvalue weighted by molar-refractivity contribution is 5.40. The van der Waals surface area contributed by atoms with E-state index < -0.39 is 24.5 Å². The molecule has 0 fully saturated rings. The second-order valence-electron chi connectivity index (χ2n) is 4.56. The second-order valence-corrected chi connectivity index (χ2v) is 4.56. The topological polar surface area (TPSA) is 49.7 Å². The number of rotatable bonds is 5. The summed E-state index contributed by atoms with van der Waals surface area (Å²) in [5, 5.41) is 17.7. The highest BCUT2D eigenvalue weighted by Gasteiger charge is 2.35. The Kier molecular flexibility index (Phi) is 5.20. The van der Waals surface area contributed by atoms with Crippen LogP contribution in [0.3, 0.4) is 0 Å². The Morgan fingerprint density at radius 2 is 1.89 bits per heavy atom. The summed E-state index contributed by atoms with van der Waals surface area (Å²) < 4.78 is 43.6. The van der Waals surface area contributed by atoms with E-state index in [0.29, 0.717) is 5.56 Å². The van der Waals surface area contributed by atoms with E-state index in [4.69, 9.17) is 14.9 Å². The average Bonchev–Trinajstić information content (AvgIpc) is 2.34. The number of hydrogen-bond donors (Lipinski definition) is 2. The van der Waals surface area contributed by atoms with Gasteiger partial charge < -0.3 is 14.9 Å². The number of hydrogen-bond acceptors (Lipinski definition) is 3. The lowest BCUT2D eigenvalue weighted by atomic mass is 10.00. The minimum atomic E-state index is -4.52. The van der Waals surface area contributed by atoms with E-state index >= 15 is 0 Å². The van der Waals surface area contributed by atoms with Gasteiger partial charge in [0.25, 0.3) is 0 Å². The van der Waals surface area contributed by atoms with Crippen LogP contribution in [0.5, 0.6) is 5.75 Å². The lowest BCUT2D eigenvalue weighted by Gasteiger charge is -2.17. The molecule has 3 nitrogen and oxygen atoms in total. The average molecular weight is 278 g/mol. The van der Waals surface area contributed by atoms with E-state index in [1.165, 1.54) is 6.07 Å². The van der Waals surface area contributed by atoms with Gasteiger partial charge in [-0.15, -0.1) is 0 Å². The van der Waals surface area contributed by atoms with Gasteiger partial charge in [-0.3, -0.25) is 0 Å². The van der Waals surface area contributed by atoms with E-state index in [-0.39, 0.29) is 18.3 Å².